The molecular weight excluding hydrogens is 168 g/mol. The van der Waals surface area contributed by atoms with Gasteiger partial charge in [0.2, 0.25) is 5.91 Å². The molecule has 1 amide bonds. The van der Waals surface area contributed by atoms with Crippen molar-refractivity contribution in [2.45, 2.75) is 13.3 Å². The maximum absolute atomic E-state index is 11.2. The highest BCUT2D eigenvalue weighted by Gasteiger charge is 2.01. The van der Waals surface area contributed by atoms with E-state index >= 15 is 0 Å². The molecule has 0 aliphatic carbocycles. The molecule has 0 fully saturated rings. The van der Waals surface area contributed by atoms with Gasteiger partial charge in [0.15, 0.2) is 0 Å². The molecule has 0 atom stereocenters. The van der Waals surface area contributed by atoms with Crippen LogP contribution in [0.15, 0.2) is 12.4 Å². The molecule has 1 aromatic heterocycles. The molecule has 0 saturated heterocycles. The van der Waals surface area contributed by atoms with E-state index in [9.17, 15) is 4.79 Å². The van der Waals surface area contributed by atoms with Crippen LogP contribution in [0.2, 0.25) is 0 Å². The Kier molecular flexibility index (Phi) is 3.98. The summed E-state index contributed by atoms with van der Waals surface area (Å²) in [5.74, 6) is 0.00218. The van der Waals surface area contributed by atoms with Crippen molar-refractivity contribution in [2.24, 2.45) is 0 Å². The van der Waals surface area contributed by atoms with Gasteiger partial charge in [-0.15, -0.1) is 0 Å². The second kappa shape index (κ2) is 5.31. The number of hydrogen-bond acceptors (Lipinski definition) is 3. The summed E-state index contributed by atoms with van der Waals surface area (Å²) in [6, 6.07) is 0. The highest BCUT2D eigenvalue weighted by molar-refractivity contribution is 5.90. The predicted octanol–water partition coefficient (Wildman–Crippen LogP) is 0.348. The second-order valence-electron chi connectivity index (χ2n) is 2.64. The Bertz CT molecular complexity index is 245. The number of anilines is 1. The lowest BCUT2D eigenvalue weighted by molar-refractivity contribution is -0.116. The molecule has 5 heteroatoms. The molecule has 1 rings (SSSR count). The normalized spacial score (nSPS) is 9.92. The number of rotatable bonds is 5. The lowest BCUT2D eigenvalue weighted by Gasteiger charge is -2.01. The van der Waals surface area contributed by atoms with E-state index in [2.05, 4.69) is 20.8 Å². The molecule has 0 unspecified atom stereocenters. The van der Waals surface area contributed by atoms with Crippen molar-refractivity contribution in [1.29, 1.82) is 0 Å². The van der Waals surface area contributed by atoms with Crippen molar-refractivity contribution < 1.29 is 4.79 Å². The van der Waals surface area contributed by atoms with Crippen molar-refractivity contribution in [1.82, 2.24) is 15.5 Å². The summed E-state index contributed by atoms with van der Waals surface area (Å²) in [5.41, 5.74) is 0.710. The Morgan fingerprint density at radius 3 is 3.15 bits per heavy atom. The average molecular weight is 182 g/mol. The Morgan fingerprint density at radius 2 is 2.54 bits per heavy atom. The third-order valence-electron chi connectivity index (χ3n) is 1.56. The lowest BCUT2D eigenvalue weighted by Crippen LogP contribution is -2.21. The summed E-state index contributed by atoms with van der Waals surface area (Å²) in [5, 5.41) is 12.1. The van der Waals surface area contributed by atoms with Gasteiger partial charge in [0.25, 0.3) is 0 Å². The zero-order valence-electron chi connectivity index (χ0n) is 7.63. The summed E-state index contributed by atoms with van der Waals surface area (Å²) in [6.07, 6.45) is 3.70. The number of amides is 1. The Morgan fingerprint density at radius 1 is 1.69 bits per heavy atom. The molecule has 1 aromatic rings. The minimum atomic E-state index is 0.00218. The number of aromatic nitrogens is 2. The Labute approximate surface area is 76.9 Å². The van der Waals surface area contributed by atoms with Gasteiger partial charge in [-0.05, 0) is 6.54 Å². The number of hydrogen-bond donors (Lipinski definition) is 3. The first-order chi connectivity index (χ1) is 6.33. The van der Waals surface area contributed by atoms with E-state index in [4.69, 9.17) is 0 Å². The van der Waals surface area contributed by atoms with Crippen LogP contribution in [0.1, 0.15) is 13.3 Å². The van der Waals surface area contributed by atoms with E-state index in [-0.39, 0.29) is 5.91 Å². The van der Waals surface area contributed by atoms with Crippen LogP contribution in [0, 0.1) is 0 Å². The molecule has 0 bridgehead atoms. The molecule has 0 radical (unpaired) electrons. The van der Waals surface area contributed by atoms with Crippen LogP contribution >= 0.6 is 0 Å². The van der Waals surface area contributed by atoms with Crippen molar-refractivity contribution in [3.63, 3.8) is 0 Å². The molecule has 3 N–H and O–H groups in total. The molecule has 0 spiro atoms. The zero-order valence-corrected chi connectivity index (χ0v) is 7.63. The van der Waals surface area contributed by atoms with Crippen LogP contribution in [-0.2, 0) is 4.79 Å². The van der Waals surface area contributed by atoms with E-state index < -0.39 is 0 Å². The van der Waals surface area contributed by atoms with E-state index in [1.54, 1.807) is 12.4 Å². The largest absolute Gasteiger partial charge is 0.323 e. The molecule has 72 valence electrons. The average Bonchev–Trinajstić information content (AvgIpc) is 2.57. The molecule has 5 nitrogen and oxygen atoms in total. The van der Waals surface area contributed by atoms with Crippen molar-refractivity contribution >= 4 is 11.6 Å². The van der Waals surface area contributed by atoms with E-state index in [1.807, 2.05) is 6.92 Å². The van der Waals surface area contributed by atoms with Gasteiger partial charge in [0, 0.05) is 19.2 Å². The standard InChI is InChI=1S/C8H14N4O/c1-2-9-4-3-8(13)12-7-5-10-11-6-7/h5-6,9H,2-4H2,1H3,(H,10,11)(H,12,13). The molecule has 1 heterocycles. The van der Waals surface area contributed by atoms with Gasteiger partial charge in [-0.1, -0.05) is 6.92 Å². The van der Waals surface area contributed by atoms with Crippen molar-refractivity contribution in [3.05, 3.63) is 12.4 Å². The van der Waals surface area contributed by atoms with Gasteiger partial charge in [-0.3, -0.25) is 9.89 Å². The second-order valence-corrected chi connectivity index (χ2v) is 2.64. The number of carbonyl (C=O) groups is 1. The van der Waals surface area contributed by atoms with Crippen molar-refractivity contribution in [3.8, 4) is 0 Å². The fraction of sp³-hybridized carbons (Fsp3) is 0.500. The van der Waals surface area contributed by atoms with Gasteiger partial charge < -0.3 is 10.6 Å². The molecule has 13 heavy (non-hydrogen) atoms. The maximum Gasteiger partial charge on any atom is 0.225 e. The van der Waals surface area contributed by atoms with Crippen LogP contribution in [0.25, 0.3) is 0 Å². The SMILES string of the molecule is CCNCCC(=O)Nc1cn[nH]c1. The first-order valence-electron chi connectivity index (χ1n) is 4.32. The van der Waals surface area contributed by atoms with Gasteiger partial charge >= 0.3 is 0 Å². The molecule has 0 aliphatic heterocycles. The van der Waals surface area contributed by atoms with Crippen LogP contribution < -0.4 is 10.6 Å². The molecule has 0 saturated carbocycles. The fourth-order valence-electron chi connectivity index (χ4n) is 0.921. The zero-order chi connectivity index (χ0) is 9.52. The Balaban J connectivity index is 2.18. The van der Waals surface area contributed by atoms with Crippen LogP contribution in [0.3, 0.4) is 0 Å². The smallest absolute Gasteiger partial charge is 0.225 e. The third kappa shape index (κ3) is 3.71. The molecule has 0 aromatic carbocycles. The van der Waals surface area contributed by atoms with E-state index in [0.717, 1.165) is 6.54 Å². The van der Waals surface area contributed by atoms with Gasteiger partial charge in [0.1, 0.15) is 0 Å². The minimum absolute atomic E-state index is 0.00218. The quantitative estimate of drug-likeness (QED) is 0.575. The van der Waals surface area contributed by atoms with E-state index in [1.165, 1.54) is 0 Å². The number of carbonyl (C=O) groups excluding carboxylic acids is 1. The monoisotopic (exact) mass is 182 g/mol. The number of aromatic amines is 1. The topological polar surface area (TPSA) is 69.8 Å². The minimum Gasteiger partial charge on any atom is -0.323 e. The predicted molar refractivity (Wildman–Crippen MR) is 50.4 cm³/mol. The summed E-state index contributed by atoms with van der Waals surface area (Å²) in [6.45, 7) is 3.60. The highest BCUT2D eigenvalue weighted by atomic mass is 16.1. The van der Waals surface area contributed by atoms with Gasteiger partial charge in [-0.2, -0.15) is 5.10 Å². The summed E-state index contributed by atoms with van der Waals surface area (Å²) in [4.78, 5) is 11.2. The lowest BCUT2D eigenvalue weighted by atomic mass is 10.4. The first-order valence-corrected chi connectivity index (χ1v) is 4.32. The van der Waals surface area contributed by atoms with Gasteiger partial charge in [0.05, 0.1) is 11.9 Å². The maximum atomic E-state index is 11.2. The highest BCUT2D eigenvalue weighted by Crippen LogP contribution is 2.00. The van der Waals surface area contributed by atoms with Gasteiger partial charge in [-0.25, -0.2) is 0 Å². The van der Waals surface area contributed by atoms with E-state index in [0.29, 0.717) is 18.7 Å². The number of nitrogens with one attached hydrogen (secondary N) is 3. The fourth-order valence-corrected chi connectivity index (χ4v) is 0.921. The molecular formula is C8H14N4O. The van der Waals surface area contributed by atoms with Crippen LogP contribution in [0.5, 0.6) is 0 Å². The van der Waals surface area contributed by atoms with Crippen molar-refractivity contribution in [2.75, 3.05) is 18.4 Å². The summed E-state index contributed by atoms with van der Waals surface area (Å²) >= 11 is 0. The first kappa shape index (κ1) is 9.73. The number of nitrogens with zero attached hydrogens (tertiary/aromatic N) is 1. The van der Waals surface area contributed by atoms with Crippen LogP contribution in [-0.4, -0.2) is 29.2 Å². The number of H-pyrrole nitrogens is 1. The summed E-state index contributed by atoms with van der Waals surface area (Å²) < 4.78 is 0. The summed E-state index contributed by atoms with van der Waals surface area (Å²) in [7, 11) is 0. The Hall–Kier alpha value is -1.36. The third-order valence-corrected chi connectivity index (χ3v) is 1.56. The molecule has 0 aliphatic rings. The van der Waals surface area contributed by atoms with Crippen LogP contribution in [0.4, 0.5) is 5.69 Å².